The van der Waals surface area contributed by atoms with Gasteiger partial charge >= 0.3 is 6.18 Å². The van der Waals surface area contributed by atoms with Crippen LogP contribution in [0, 0.1) is 12.3 Å². The summed E-state index contributed by atoms with van der Waals surface area (Å²) in [4.78, 5) is 11.9. The zero-order chi connectivity index (χ0) is 19.7. The first-order chi connectivity index (χ1) is 12.9. The number of hydrogen-bond donors (Lipinski definition) is 1. The van der Waals surface area contributed by atoms with Crippen molar-refractivity contribution in [1.82, 2.24) is 5.32 Å². The first-order valence-electron chi connectivity index (χ1n) is 8.17. The van der Waals surface area contributed by atoms with Crippen molar-refractivity contribution in [1.29, 1.82) is 0 Å². The Bertz CT molecular complexity index is 819. The molecule has 0 aliphatic rings. The van der Waals surface area contributed by atoms with Crippen LogP contribution in [0.5, 0.6) is 5.75 Å². The lowest BCUT2D eigenvalue weighted by atomic mass is 10.1. The summed E-state index contributed by atoms with van der Waals surface area (Å²) in [6.07, 6.45) is 1.55. The van der Waals surface area contributed by atoms with Gasteiger partial charge in [0.25, 0.3) is 0 Å². The molecule has 0 atom stereocenters. The maximum Gasteiger partial charge on any atom is 0.417 e. The van der Waals surface area contributed by atoms with Crippen LogP contribution in [0.3, 0.4) is 0 Å². The molecule has 140 valence electrons. The van der Waals surface area contributed by atoms with E-state index in [-0.39, 0.29) is 18.7 Å². The lowest BCUT2D eigenvalue weighted by molar-refractivity contribution is -0.116. The van der Waals surface area contributed by atoms with E-state index < -0.39 is 17.7 Å². The summed E-state index contributed by atoms with van der Waals surface area (Å²) >= 11 is 0. The van der Waals surface area contributed by atoms with Crippen molar-refractivity contribution in [3.63, 3.8) is 0 Å². The summed E-state index contributed by atoms with van der Waals surface area (Å²) in [6.45, 7) is 0.379. The molecule has 0 fully saturated rings. The lowest BCUT2D eigenvalue weighted by Crippen LogP contribution is -2.25. The van der Waals surface area contributed by atoms with Gasteiger partial charge in [0.1, 0.15) is 12.4 Å². The van der Waals surface area contributed by atoms with Crippen LogP contribution < -0.4 is 10.1 Å². The highest BCUT2D eigenvalue weighted by Crippen LogP contribution is 2.33. The minimum absolute atomic E-state index is 0.0530. The van der Waals surface area contributed by atoms with E-state index in [9.17, 15) is 18.0 Å². The zero-order valence-electron chi connectivity index (χ0n) is 14.4. The second-order valence-electron chi connectivity index (χ2n) is 5.60. The van der Waals surface area contributed by atoms with Crippen molar-refractivity contribution in [2.24, 2.45) is 0 Å². The Kier molecular flexibility index (Phi) is 7.07. The highest BCUT2D eigenvalue weighted by molar-refractivity contribution is 5.96. The molecule has 0 radical (unpaired) electrons. The fourth-order valence-corrected chi connectivity index (χ4v) is 2.34. The number of terminal acetylenes is 1. The van der Waals surface area contributed by atoms with Crippen molar-refractivity contribution in [3.05, 3.63) is 71.8 Å². The quantitative estimate of drug-likeness (QED) is 0.588. The predicted molar refractivity (Wildman–Crippen MR) is 98.0 cm³/mol. The normalized spacial score (nSPS) is 11.6. The first-order valence-corrected chi connectivity index (χ1v) is 8.17. The minimum Gasteiger partial charge on any atom is -0.481 e. The van der Waals surface area contributed by atoms with Crippen LogP contribution >= 0.6 is 0 Å². The van der Waals surface area contributed by atoms with E-state index in [1.165, 1.54) is 24.3 Å². The van der Waals surface area contributed by atoms with Gasteiger partial charge in [-0.2, -0.15) is 13.2 Å². The number of hydrogen-bond acceptors (Lipinski definition) is 2. The molecule has 3 nitrogen and oxygen atoms in total. The van der Waals surface area contributed by atoms with E-state index in [0.717, 1.165) is 5.56 Å². The zero-order valence-corrected chi connectivity index (χ0v) is 14.4. The molecule has 0 aromatic heterocycles. The van der Waals surface area contributed by atoms with Gasteiger partial charge in [-0.1, -0.05) is 48.4 Å². The molecule has 2 aromatic carbocycles. The molecule has 0 saturated heterocycles. The topological polar surface area (TPSA) is 38.3 Å². The van der Waals surface area contributed by atoms with Gasteiger partial charge < -0.3 is 10.1 Å². The molecule has 2 aromatic rings. The Hall–Kier alpha value is -3.20. The Morgan fingerprint density at radius 2 is 1.78 bits per heavy atom. The lowest BCUT2D eigenvalue weighted by Gasteiger charge is -2.12. The van der Waals surface area contributed by atoms with Crippen molar-refractivity contribution < 1.29 is 22.7 Å². The highest BCUT2D eigenvalue weighted by Gasteiger charge is 2.35. The van der Waals surface area contributed by atoms with Crippen molar-refractivity contribution in [3.8, 4) is 18.1 Å². The highest BCUT2D eigenvalue weighted by atomic mass is 19.4. The van der Waals surface area contributed by atoms with E-state index in [0.29, 0.717) is 18.2 Å². The number of carbonyl (C=O) groups is 1. The molecule has 1 N–H and O–H groups in total. The number of amides is 1. The molecule has 0 unspecified atom stereocenters. The fraction of sp³-hybridized carbons (Fsp3) is 0.190. The number of alkyl halides is 3. The molecule has 0 aliphatic heterocycles. The number of halogens is 3. The van der Waals surface area contributed by atoms with Gasteiger partial charge in [0.15, 0.2) is 0 Å². The average molecular weight is 373 g/mol. The Morgan fingerprint density at radius 3 is 2.37 bits per heavy atom. The number of nitrogens with one attached hydrogen (secondary N) is 1. The van der Waals surface area contributed by atoms with E-state index in [1.54, 1.807) is 30.3 Å². The number of allylic oxidation sites excluding steroid dienone is 1. The van der Waals surface area contributed by atoms with Gasteiger partial charge in [-0.15, -0.1) is 6.42 Å². The van der Waals surface area contributed by atoms with Crippen LogP contribution in [-0.2, 0) is 11.2 Å². The van der Waals surface area contributed by atoms with Crippen LogP contribution in [0.2, 0.25) is 0 Å². The third kappa shape index (κ3) is 6.55. The second-order valence-corrected chi connectivity index (χ2v) is 5.60. The van der Waals surface area contributed by atoms with E-state index in [1.807, 2.05) is 0 Å². The summed E-state index contributed by atoms with van der Waals surface area (Å²) in [5.74, 6) is 2.19. The van der Waals surface area contributed by atoms with Crippen LogP contribution in [-0.4, -0.2) is 25.2 Å². The van der Waals surface area contributed by atoms with E-state index in [2.05, 4.69) is 11.2 Å². The molecule has 1 amide bonds. The smallest absolute Gasteiger partial charge is 0.417 e. The second kappa shape index (κ2) is 9.48. The number of ether oxygens (including phenoxy) is 1. The van der Waals surface area contributed by atoms with E-state index in [4.69, 9.17) is 11.2 Å². The molecule has 0 bridgehead atoms. The molecular weight excluding hydrogens is 355 g/mol. The van der Waals surface area contributed by atoms with Crippen LogP contribution in [0.4, 0.5) is 13.2 Å². The van der Waals surface area contributed by atoms with Crippen LogP contribution in [0.15, 0.2) is 60.7 Å². The van der Waals surface area contributed by atoms with Gasteiger partial charge in [-0.3, -0.25) is 4.79 Å². The van der Waals surface area contributed by atoms with E-state index >= 15 is 0 Å². The molecule has 2 rings (SSSR count). The van der Waals surface area contributed by atoms with Crippen LogP contribution in [0.1, 0.15) is 11.1 Å². The van der Waals surface area contributed by atoms with Crippen molar-refractivity contribution >= 4 is 11.5 Å². The largest absolute Gasteiger partial charge is 0.481 e. The summed E-state index contributed by atoms with van der Waals surface area (Å²) in [6, 6.07) is 14.3. The molecule has 0 aliphatic carbocycles. The maximum atomic E-state index is 13.2. The van der Waals surface area contributed by atoms with Gasteiger partial charge in [-0.25, -0.2) is 0 Å². The van der Waals surface area contributed by atoms with Gasteiger partial charge in [0.05, 0.1) is 5.57 Å². The molecule has 27 heavy (non-hydrogen) atoms. The Labute approximate surface area is 155 Å². The summed E-state index contributed by atoms with van der Waals surface area (Å²) in [7, 11) is 0. The number of rotatable bonds is 7. The predicted octanol–water partition coefficient (Wildman–Crippen LogP) is 4.00. The molecule has 0 heterocycles. The van der Waals surface area contributed by atoms with Gasteiger partial charge in [-0.05, 0) is 29.7 Å². The number of benzene rings is 2. The van der Waals surface area contributed by atoms with Crippen molar-refractivity contribution in [2.75, 3.05) is 13.2 Å². The molecule has 6 heteroatoms. The van der Waals surface area contributed by atoms with Gasteiger partial charge in [0.2, 0.25) is 5.91 Å². The summed E-state index contributed by atoms with van der Waals surface area (Å²) < 4.78 is 44.9. The summed E-state index contributed by atoms with van der Waals surface area (Å²) in [5, 5.41) is 2.48. The van der Waals surface area contributed by atoms with Crippen molar-refractivity contribution in [2.45, 2.75) is 12.6 Å². The van der Waals surface area contributed by atoms with Crippen LogP contribution in [0.25, 0.3) is 5.57 Å². The third-order valence-electron chi connectivity index (χ3n) is 3.62. The standard InChI is InChI=1S/C21H18F3NO2/c1-2-14-27-18-10-8-16(9-11-18)12-13-25-20(26)15-19(21(22,23)24)17-6-4-3-5-7-17/h1,3-11,15H,12-14H2,(H,25,26)/b19-15-. The minimum atomic E-state index is -4.62. The Balaban J connectivity index is 1.94. The Morgan fingerprint density at radius 1 is 1.11 bits per heavy atom. The number of carbonyl (C=O) groups excluding carboxylic acids is 1. The first kappa shape index (κ1) is 20.1. The molecule has 0 spiro atoms. The fourth-order valence-electron chi connectivity index (χ4n) is 2.34. The third-order valence-corrected chi connectivity index (χ3v) is 3.62. The SMILES string of the molecule is C#CCOc1ccc(CCNC(=O)/C=C(/c2ccccc2)C(F)(F)F)cc1. The monoisotopic (exact) mass is 373 g/mol. The molecular formula is C21H18F3NO2. The molecule has 0 saturated carbocycles. The van der Waals surface area contributed by atoms with Gasteiger partial charge in [0, 0.05) is 12.6 Å². The summed E-state index contributed by atoms with van der Waals surface area (Å²) in [5.41, 5.74) is -0.121. The maximum absolute atomic E-state index is 13.2. The average Bonchev–Trinajstić information content (AvgIpc) is 2.65.